The average Bonchev–Trinajstić information content (AvgIpc) is 2.74. The van der Waals surface area contributed by atoms with Gasteiger partial charge in [0.15, 0.2) is 11.5 Å². The second kappa shape index (κ2) is 9.56. The number of aromatic nitrogens is 2. The van der Waals surface area contributed by atoms with E-state index in [0.29, 0.717) is 35.4 Å². The zero-order chi connectivity index (χ0) is 20.8. The predicted octanol–water partition coefficient (Wildman–Crippen LogP) is 2.93. The summed E-state index contributed by atoms with van der Waals surface area (Å²) in [6.45, 7) is 0.750. The van der Waals surface area contributed by atoms with Crippen LogP contribution in [0.3, 0.4) is 0 Å². The monoisotopic (exact) mass is 459 g/mol. The minimum Gasteiger partial charge on any atom is -0.493 e. The van der Waals surface area contributed by atoms with Gasteiger partial charge in [-0.1, -0.05) is 28.1 Å². The lowest BCUT2D eigenvalue weighted by Crippen LogP contribution is -2.29. The summed E-state index contributed by atoms with van der Waals surface area (Å²) in [5.74, 6) is 1.16. The lowest BCUT2D eigenvalue weighted by atomic mass is 10.1. The molecule has 2 aromatic carbocycles. The Balaban J connectivity index is 1.55. The molecule has 0 spiro atoms. The molecule has 1 amide bonds. The highest BCUT2D eigenvalue weighted by atomic mass is 79.9. The Morgan fingerprint density at radius 1 is 1.17 bits per heavy atom. The number of aryl methyl sites for hydroxylation is 1. The molecule has 0 fully saturated rings. The van der Waals surface area contributed by atoms with Crippen LogP contribution in [0.5, 0.6) is 11.5 Å². The van der Waals surface area contributed by atoms with Crippen molar-refractivity contribution < 1.29 is 14.3 Å². The number of hydrogen-bond acceptors (Lipinski definition) is 5. The molecule has 0 aliphatic rings. The molecule has 0 saturated heterocycles. The van der Waals surface area contributed by atoms with E-state index in [1.807, 2.05) is 18.2 Å². The summed E-state index contributed by atoms with van der Waals surface area (Å²) in [6, 6.07) is 10.9. The second-order valence-corrected chi connectivity index (χ2v) is 7.26. The van der Waals surface area contributed by atoms with Crippen molar-refractivity contribution in [3.63, 3.8) is 0 Å². The van der Waals surface area contributed by atoms with E-state index in [-0.39, 0.29) is 24.4 Å². The number of benzene rings is 2. The van der Waals surface area contributed by atoms with E-state index in [2.05, 4.69) is 26.2 Å². The normalized spacial score (nSPS) is 10.7. The molecule has 8 heteroatoms. The molecule has 3 aromatic rings. The molecule has 0 bridgehead atoms. The number of fused-ring (bicyclic) bond motifs is 1. The largest absolute Gasteiger partial charge is 0.493 e. The maximum absolute atomic E-state index is 12.5. The highest BCUT2D eigenvalue weighted by Gasteiger charge is 2.10. The first-order valence-electron chi connectivity index (χ1n) is 9.14. The fourth-order valence-corrected chi connectivity index (χ4v) is 3.52. The quantitative estimate of drug-likeness (QED) is 0.559. The number of amides is 1. The van der Waals surface area contributed by atoms with Crippen LogP contribution in [-0.4, -0.2) is 36.2 Å². The van der Waals surface area contributed by atoms with E-state index >= 15 is 0 Å². The topological polar surface area (TPSA) is 82.5 Å². The van der Waals surface area contributed by atoms with E-state index < -0.39 is 0 Å². The second-order valence-electron chi connectivity index (χ2n) is 6.41. The zero-order valence-corrected chi connectivity index (χ0v) is 17.9. The van der Waals surface area contributed by atoms with Crippen molar-refractivity contribution in [1.82, 2.24) is 14.9 Å². The van der Waals surface area contributed by atoms with Crippen molar-refractivity contribution in [3.8, 4) is 11.5 Å². The third kappa shape index (κ3) is 4.95. The van der Waals surface area contributed by atoms with Gasteiger partial charge in [-0.05, 0) is 36.2 Å². The minimum atomic E-state index is -0.141. The van der Waals surface area contributed by atoms with Crippen LogP contribution in [0.1, 0.15) is 12.0 Å². The van der Waals surface area contributed by atoms with Crippen LogP contribution >= 0.6 is 15.9 Å². The van der Waals surface area contributed by atoms with Gasteiger partial charge in [-0.2, -0.15) is 0 Å². The molecule has 0 unspecified atom stereocenters. The number of rotatable bonds is 8. The molecule has 1 aromatic heterocycles. The van der Waals surface area contributed by atoms with Crippen LogP contribution in [0, 0.1) is 0 Å². The highest BCUT2D eigenvalue weighted by molar-refractivity contribution is 9.10. The van der Waals surface area contributed by atoms with Gasteiger partial charge < -0.3 is 14.8 Å². The number of nitrogens with zero attached hydrogens (tertiary/aromatic N) is 2. The molecule has 152 valence electrons. The lowest BCUT2D eigenvalue weighted by molar-refractivity contribution is -0.121. The van der Waals surface area contributed by atoms with Gasteiger partial charge in [0.2, 0.25) is 5.91 Å². The number of halogens is 1. The Bertz CT molecular complexity index is 1080. The fraction of sp³-hybridized carbons (Fsp3) is 0.286. The van der Waals surface area contributed by atoms with Gasteiger partial charge in [0.05, 0.1) is 31.4 Å². The van der Waals surface area contributed by atoms with Crippen molar-refractivity contribution in [2.45, 2.75) is 19.4 Å². The first-order chi connectivity index (χ1) is 14.0. The van der Waals surface area contributed by atoms with Gasteiger partial charge in [0.25, 0.3) is 5.56 Å². The van der Waals surface area contributed by atoms with Crippen LogP contribution in [0.4, 0.5) is 0 Å². The summed E-state index contributed by atoms with van der Waals surface area (Å²) in [4.78, 5) is 28.9. The smallest absolute Gasteiger partial charge is 0.261 e. The summed E-state index contributed by atoms with van der Waals surface area (Å²) in [5.41, 5.74) is 1.51. The number of hydrogen-bond donors (Lipinski definition) is 1. The van der Waals surface area contributed by atoms with E-state index in [1.54, 1.807) is 32.4 Å². The third-order valence-corrected chi connectivity index (χ3v) is 5.32. The Kier molecular flexibility index (Phi) is 6.87. The number of nitrogens with one attached hydrogen (secondary N) is 1. The van der Waals surface area contributed by atoms with E-state index in [9.17, 15) is 9.59 Å². The number of ether oxygens (including phenoxy) is 2. The number of para-hydroxylation sites is 1. The standard InChI is InChI=1S/C21H22BrN3O4/c1-28-18-11-14(16(22)12-19(18)29-2)7-9-23-20(26)8-10-25-13-24-17-6-4-3-5-15(17)21(25)27/h3-6,11-13H,7-10H2,1-2H3,(H,23,26). The van der Waals surface area contributed by atoms with E-state index in [1.165, 1.54) is 10.9 Å². The van der Waals surface area contributed by atoms with Gasteiger partial charge in [-0.15, -0.1) is 0 Å². The van der Waals surface area contributed by atoms with Crippen LogP contribution in [0.15, 0.2) is 52.0 Å². The third-order valence-electron chi connectivity index (χ3n) is 4.58. The van der Waals surface area contributed by atoms with Crippen LogP contribution < -0.4 is 20.3 Å². The zero-order valence-electron chi connectivity index (χ0n) is 16.3. The summed E-state index contributed by atoms with van der Waals surface area (Å²) in [5, 5.41) is 3.43. The van der Waals surface area contributed by atoms with Crippen molar-refractivity contribution in [1.29, 1.82) is 0 Å². The summed E-state index contributed by atoms with van der Waals surface area (Å²) in [6.07, 6.45) is 2.32. The predicted molar refractivity (Wildman–Crippen MR) is 115 cm³/mol. The number of methoxy groups -OCH3 is 2. The van der Waals surface area contributed by atoms with Crippen LogP contribution in [-0.2, 0) is 17.8 Å². The van der Waals surface area contributed by atoms with Crippen LogP contribution in [0.2, 0.25) is 0 Å². The Labute approximate surface area is 176 Å². The van der Waals surface area contributed by atoms with Crippen LogP contribution in [0.25, 0.3) is 10.9 Å². The summed E-state index contributed by atoms with van der Waals surface area (Å²) >= 11 is 3.51. The molecular weight excluding hydrogens is 438 g/mol. The fourth-order valence-electron chi connectivity index (χ4n) is 3.00. The first kappa shape index (κ1) is 20.9. The van der Waals surface area contributed by atoms with Crippen molar-refractivity contribution >= 4 is 32.7 Å². The van der Waals surface area contributed by atoms with Crippen molar-refractivity contribution in [3.05, 3.63) is 63.1 Å². The lowest BCUT2D eigenvalue weighted by Gasteiger charge is -2.12. The first-order valence-corrected chi connectivity index (χ1v) is 9.94. The molecule has 0 atom stereocenters. The Morgan fingerprint density at radius 2 is 1.90 bits per heavy atom. The van der Waals surface area contributed by atoms with E-state index in [0.717, 1.165) is 10.0 Å². The minimum absolute atomic E-state index is 0.123. The molecule has 3 rings (SSSR count). The Hall–Kier alpha value is -2.87. The molecule has 1 heterocycles. The summed E-state index contributed by atoms with van der Waals surface area (Å²) < 4.78 is 12.9. The number of carbonyl (C=O) groups is 1. The molecular formula is C21H22BrN3O4. The highest BCUT2D eigenvalue weighted by Crippen LogP contribution is 2.33. The molecule has 7 nitrogen and oxygen atoms in total. The van der Waals surface area contributed by atoms with Gasteiger partial charge in [0.1, 0.15) is 0 Å². The maximum Gasteiger partial charge on any atom is 0.261 e. The Morgan fingerprint density at radius 3 is 2.66 bits per heavy atom. The van der Waals surface area contributed by atoms with Gasteiger partial charge in [-0.3, -0.25) is 14.2 Å². The molecule has 0 saturated carbocycles. The van der Waals surface area contributed by atoms with E-state index in [4.69, 9.17) is 9.47 Å². The molecule has 0 aliphatic carbocycles. The number of carbonyl (C=O) groups excluding carboxylic acids is 1. The molecule has 0 radical (unpaired) electrons. The maximum atomic E-state index is 12.5. The molecule has 29 heavy (non-hydrogen) atoms. The van der Waals surface area contributed by atoms with Gasteiger partial charge in [-0.25, -0.2) is 4.98 Å². The summed E-state index contributed by atoms with van der Waals surface area (Å²) in [7, 11) is 3.17. The van der Waals surface area contributed by atoms with Crippen molar-refractivity contribution in [2.24, 2.45) is 0 Å². The van der Waals surface area contributed by atoms with Gasteiger partial charge in [0, 0.05) is 24.0 Å². The SMILES string of the molecule is COc1cc(Br)c(CCNC(=O)CCn2cnc3ccccc3c2=O)cc1OC. The van der Waals surface area contributed by atoms with Crippen molar-refractivity contribution in [2.75, 3.05) is 20.8 Å². The average molecular weight is 460 g/mol. The molecule has 0 aliphatic heterocycles. The molecule has 1 N–H and O–H groups in total. The van der Waals surface area contributed by atoms with Gasteiger partial charge >= 0.3 is 0 Å².